The minimum Gasteiger partial charge on any atom is -0.497 e. The Morgan fingerprint density at radius 1 is 0.935 bits per heavy atom. The summed E-state index contributed by atoms with van der Waals surface area (Å²) in [7, 11) is 4.56. The molecule has 5 rings (SSSR count). The van der Waals surface area contributed by atoms with Gasteiger partial charge in [0.2, 0.25) is 5.75 Å². The Morgan fingerprint density at radius 3 is 2.43 bits per heavy atom. The number of ether oxygens (including phenoxy) is 5. The second-order valence-electron chi connectivity index (χ2n) is 11.5. The summed E-state index contributed by atoms with van der Waals surface area (Å²) in [5, 5.41) is 3.17. The third-order valence-electron chi connectivity index (χ3n) is 7.12. The number of methoxy groups -OCH3 is 3. The third kappa shape index (κ3) is 7.09. The molecule has 11 nitrogen and oxygen atoms in total. The molecule has 0 bridgehead atoms. The van der Waals surface area contributed by atoms with Gasteiger partial charge in [0.05, 0.1) is 27.9 Å². The van der Waals surface area contributed by atoms with Crippen molar-refractivity contribution in [3.05, 3.63) is 88.8 Å². The lowest BCUT2D eigenvalue weighted by Crippen LogP contribution is -2.44. The van der Waals surface area contributed by atoms with E-state index >= 15 is 0 Å². The van der Waals surface area contributed by atoms with E-state index in [0.717, 1.165) is 5.56 Å². The van der Waals surface area contributed by atoms with Gasteiger partial charge in [-0.15, -0.1) is 0 Å². The maximum absolute atomic E-state index is 13.3. The zero-order valence-electron chi connectivity index (χ0n) is 26.5. The minimum atomic E-state index is -0.772. The highest BCUT2D eigenvalue weighted by molar-refractivity contribution is 6.06. The summed E-state index contributed by atoms with van der Waals surface area (Å²) in [5.41, 5.74) is 0.487. The molecule has 1 N–H and O–H groups in total. The Kier molecular flexibility index (Phi) is 9.22. The zero-order valence-corrected chi connectivity index (χ0v) is 26.5. The fourth-order valence-electron chi connectivity index (χ4n) is 4.98. The van der Waals surface area contributed by atoms with Crippen molar-refractivity contribution < 1.29 is 37.7 Å². The van der Waals surface area contributed by atoms with Gasteiger partial charge in [-0.2, -0.15) is 0 Å². The number of fused-ring (bicyclic) bond motifs is 1. The van der Waals surface area contributed by atoms with Gasteiger partial charge >= 0.3 is 11.7 Å². The fraction of sp³-hybridized carbons (Fsp3) is 0.286. The molecule has 0 fully saturated rings. The normalized spacial score (nSPS) is 14.5. The Labute approximate surface area is 266 Å². The lowest BCUT2D eigenvalue weighted by atomic mass is 10.0. The van der Waals surface area contributed by atoms with E-state index in [1.54, 1.807) is 49.5 Å². The predicted molar refractivity (Wildman–Crippen MR) is 173 cm³/mol. The number of rotatable bonds is 8. The maximum Gasteiger partial charge on any atom is 0.410 e. The Bertz CT molecular complexity index is 1860. The van der Waals surface area contributed by atoms with Crippen LogP contribution in [0.5, 0.6) is 23.0 Å². The van der Waals surface area contributed by atoms with Crippen molar-refractivity contribution in [2.24, 2.45) is 0 Å². The van der Waals surface area contributed by atoms with Gasteiger partial charge in [0.25, 0.3) is 5.91 Å². The minimum absolute atomic E-state index is 0.0461. The SMILES string of the molecule is COc1cccc(-c2cc(C(=O)Nc3cc4ccc(OC5C=CCN(C(=O)OC(C)(C)C)C5)c(OC)c4oc3=O)ccc2OC)c1. The molecule has 0 radical (unpaired) electrons. The molecule has 4 aromatic rings. The van der Waals surface area contributed by atoms with Gasteiger partial charge in [-0.3, -0.25) is 4.79 Å². The van der Waals surface area contributed by atoms with Crippen molar-refractivity contribution in [3.63, 3.8) is 0 Å². The predicted octanol–water partition coefficient (Wildman–Crippen LogP) is 6.29. The number of hydrogen-bond donors (Lipinski definition) is 1. The van der Waals surface area contributed by atoms with E-state index in [0.29, 0.717) is 40.3 Å². The van der Waals surface area contributed by atoms with E-state index in [-0.39, 0.29) is 23.6 Å². The fourth-order valence-corrected chi connectivity index (χ4v) is 4.98. The maximum atomic E-state index is 13.3. The number of amides is 2. The van der Waals surface area contributed by atoms with Gasteiger partial charge in [-0.1, -0.05) is 18.2 Å². The highest BCUT2D eigenvalue weighted by atomic mass is 16.6. The van der Waals surface area contributed by atoms with Crippen LogP contribution in [0.2, 0.25) is 0 Å². The summed E-state index contributed by atoms with van der Waals surface area (Å²) in [4.78, 5) is 40.5. The van der Waals surface area contributed by atoms with Gasteiger partial charge in [0.15, 0.2) is 11.3 Å². The highest BCUT2D eigenvalue weighted by Crippen LogP contribution is 2.37. The molecule has 1 unspecified atom stereocenters. The highest BCUT2D eigenvalue weighted by Gasteiger charge is 2.27. The summed E-state index contributed by atoms with van der Waals surface area (Å²) in [6, 6.07) is 17.2. The van der Waals surface area contributed by atoms with E-state index in [1.165, 1.54) is 13.2 Å². The lowest BCUT2D eigenvalue weighted by Gasteiger charge is -2.31. The molecule has 1 aliphatic heterocycles. The van der Waals surface area contributed by atoms with Crippen LogP contribution < -0.4 is 29.9 Å². The first kappa shape index (κ1) is 32.0. The number of hydrogen-bond acceptors (Lipinski definition) is 9. The summed E-state index contributed by atoms with van der Waals surface area (Å²) >= 11 is 0. The molecule has 0 aliphatic carbocycles. The van der Waals surface area contributed by atoms with Crippen molar-refractivity contribution >= 4 is 28.7 Å². The van der Waals surface area contributed by atoms with Crippen molar-refractivity contribution in [1.29, 1.82) is 0 Å². The first-order chi connectivity index (χ1) is 22.0. The quantitative estimate of drug-likeness (QED) is 0.177. The van der Waals surface area contributed by atoms with E-state index in [1.807, 2.05) is 57.2 Å². The Hall–Kier alpha value is -5.45. The first-order valence-electron chi connectivity index (χ1n) is 14.6. The summed E-state index contributed by atoms with van der Waals surface area (Å²) < 4.78 is 33.7. The topological polar surface area (TPSA) is 126 Å². The smallest absolute Gasteiger partial charge is 0.410 e. The van der Waals surface area contributed by atoms with Crippen molar-refractivity contribution in [1.82, 2.24) is 4.90 Å². The van der Waals surface area contributed by atoms with Crippen LogP contribution in [0.4, 0.5) is 10.5 Å². The van der Waals surface area contributed by atoms with Crippen LogP contribution in [-0.2, 0) is 4.74 Å². The van der Waals surface area contributed by atoms with Gasteiger partial charge in [0.1, 0.15) is 28.9 Å². The van der Waals surface area contributed by atoms with Crippen LogP contribution in [-0.4, -0.2) is 63.0 Å². The molecule has 46 heavy (non-hydrogen) atoms. The molecule has 2 heterocycles. The molecule has 0 saturated heterocycles. The molecular weight excluding hydrogens is 592 g/mol. The van der Waals surface area contributed by atoms with Crippen molar-refractivity contribution in [2.45, 2.75) is 32.5 Å². The first-order valence-corrected chi connectivity index (χ1v) is 14.6. The molecule has 0 saturated carbocycles. The summed E-state index contributed by atoms with van der Waals surface area (Å²) in [6.07, 6.45) is 2.73. The van der Waals surface area contributed by atoms with Crippen LogP contribution in [0.1, 0.15) is 31.1 Å². The molecule has 0 spiro atoms. The number of nitrogens with zero attached hydrogens (tertiary/aromatic N) is 1. The van der Waals surface area contributed by atoms with Crippen LogP contribution >= 0.6 is 0 Å². The molecule has 11 heteroatoms. The Balaban J connectivity index is 1.37. The summed E-state index contributed by atoms with van der Waals surface area (Å²) in [5.74, 6) is 1.24. The van der Waals surface area contributed by atoms with Crippen LogP contribution in [0.3, 0.4) is 0 Å². The third-order valence-corrected chi connectivity index (χ3v) is 7.12. The number of carbonyl (C=O) groups excluding carboxylic acids is 2. The van der Waals surface area contributed by atoms with E-state index in [4.69, 9.17) is 28.1 Å². The second-order valence-corrected chi connectivity index (χ2v) is 11.5. The van der Waals surface area contributed by atoms with Gasteiger partial charge in [-0.05, 0) is 80.9 Å². The molecule has 240 valence electrons. The van der Waals surface area contributed by atoms with E-state index in [9.17, 15) is 14.4 Å². The molecular formula is C35H36N2O9. The summed E-state index contributed by atoms with van der Waals surface area (Å²) in [6.45, 7) is 6.07. The molecule has 1 atom stereocenters. The van der Waals surface area contributed by atoms with Gasteiger partial charge in [0, 0.05) is 23.1 Å². The molecule has 1 aromatic heterocycles. The largest absolute Gasteiger partial charge is 0.497 e. The molecule has 3 aromatic carbocycles. The lowest BCUT2D eigenvalue weighted by molar-refractivity contribution is 0.0204. The average molecular weight is 629 g/mol. The van der Waals surface area contributed by atoms with Crippen molar-refractivity contribution in [3.8, 4) is 34.1 Å². The van der Waals surface area contributed by atoms with Crippen LogP contribution in [0, 0.1) is 0 Å². The molecule has 1 aliphatic rings. The van der Waals surface area contributed by atoms with Gasteiger partial charge in [-0.25, -0.2) is 9.59 Å². The Morgan fingerprint density at radius 2 is 1.72 bits per heavy atom. The van der Waals surface area contributed by atoms with E-state index < -0.39 is 29.3 Å². The monoisotopic (exact) mass is 628 g/mol. The van der Waals surface area contributed by atoms with Gasteiger partial charge < -0.3 is 38.3 Å². The number of carbonyl (C=O) groups is 2. The van der Waals surface area contributed by atoms with Crippen molar-refractivity contribution in [2.75, 3.05) is 39.7 Å². The average Bonchev–Trinajstić information content (AvgIpc) is 3.04. The second kappa shape index (κ2) is 13.3. The van der Waals surface area contributed by atoms with Crippen LogP contribution in [0.15, 0.2) is 82.0 Å². The number of nitrogens with one attached hydrogen (secondary N) is 1. The van der Waals surface area contributed by atoms with Crippen LogP contribution in [0.25, 0.3) is 22.1 Å². The number of anilines is 1. The van der Waals surface area contributed by atoms with E-state index in [2.05, 4.69) is 5.32 Å². The number of benzene rings is 3. The standard InChI is InChI=1S/C35H36N2O9/c1-35(2,3)46-34(40)37-16-8-11-25(20-37)44-29-15-12-22-19-27(33(39)45-30(22)31(29)43-6)36-32(38)23-13-14-28(42-5)26(18-23)21-9-7-10-24(17-21)41-4/h7-15,17-19,25H,16,20H2,1-6H3,(H,36,38). The molecule has 2 amide bonds. The zero-order chi connectivity index (χ0) is 33.0.